The molecule has 0 heterocycles. The summed E-state index contributed by atoms with van der Waals surface area (Å²) in [7, 11) is 0. The lowest BCUT2D eigenvalue weighted by molar-refractivity contribution is 0.249. The van der Waals surface area contributed by atoms with Crippen LogP contribution in [-0.4, -0.2) is 19.0 Å². The Labute approximate surface area is 167 Å². The van der Waals surface area contributed by atoms with Crippen LogP contribution in [0.15, 0.2) is 0 Å². The van der Waals surface area contributed by atoms with Crippen LogP contribution in [0.5, 0.6) is 0 Å². The Hall–Kier alpha value is 0.920. The van der Waals surface area contributed by atoms with Gasteiger partial charge in [-0.2, -0.15) is 0 Å². The molecule has 0 aliphatic carbocycles. The zero-order valence-corrected chi connectivity index (χ0v) is 19.6. The highest BCUT2D eigenvalue weighted by atomic mass is 32.9. The van der Waals surface area contributed by atoms with E-state index in [-0.39, 0.29) is 0 Å². The standard InChI is InChI=1S/C20H43O2PS2/c1-4-7-10-12-14-16-18-21-23(24,25-20-9-6-3)22-19-17-15-13-11-8-5-2/h4-20H2,1-3H3. The lowest BCUT2D eigenvalue weighted by atomic mass is 10.1. The average molecular weight is 411 g/mol. The summed E-state index contributed by atoms with van der Waals surface area (Å²) in [5.74, 6) is 1.07. The number of unbranched alkanes of at least 4 members (excludes halogenated alkanes) is 11. The highest BCUT2D eigenvalue weighted by Gasteiger charge is 2.19. The Balaban J connectivity index is 3.92. The molecule has 0 aromatic heterocycles. The summed E-state index contributed by atoms with van der Waals surface area (Å²) in [6.07, 6.45) is 17.8. The van der Waals surface area contributed by atoms with Gasteiger partial charge in [0, 0.05) is 5.75 Å². The van der Waals surface area contributed by atoms with E-state index in [1.54, 1.807) is 11.4 Å². The summed E-state index contributed by atoms with van der Waals surface area (Å²) < 4.78 is 12.2. The fourth-order valence-electron chi connectivity index (χ4n) is 2.55. The molecule has 0 spiro atoms. The zero-order chi connectivity index (χ0) is 18.6. The monoisotopic (exact) mass is 410 g/mol. The third-order valence-electron chi connectivity index (χ3n) is 4.24. The third-order valence-corrected chi connectivity index (χ3v) is 9.74. The molecule has 5 heteroatoms. The molecule has 0 unspecified atom stereocenters. The Kier molecular flexibility index (Phi) is 20.4. The molecule has 0 amide bonds. The maximum atomic E-state index is 6.09. The van der Waals surface area contributed by atoms with Crippen LogP contribution in [0.1, 0.15) is 111 Å². The van der Waals surface area contributed by atoms with E-state index in [4.69, 9.17) is 20.9 Å². The summed E-state index contributed by atoms with van der Waals surface area (Å²) in [5.41, 5.74) is -2.12. The Bertz CT molecular complexity index is 292. The lowest BCUT2D eigenvalue weighted by Gasteiger charge is -2.21. The van der Waals surface area contributed by atoms with E-state index in [1.807, 2.05) is 0 Å². The second-order valence-electron chi connectivity index (χ2n) is 6.84. The van der Waals surface area contributed by atoms with Gasteiger partial charge in [0.2, 0.25) is 5.69 Å². The largest absolute Gasteiger partial charge is 0.322 e. The molecule has 0 N–H and O–H groups in total. The molecule has 0 radical (unpaired) electrons. The molecule has 0 saturated carbocycles. The highest BCUT2D eigenvalue weighted by Crippen LogP contribution is 2.61. The van der Waals surface area contributed by atoms with Crippen molar-refractivity contribution in [3.63, 3.8) is 0 Å². The normalized spacial score (nSPS) is 12.0. The first kappa shape index (κ1) is 25.9. The van der Waals surface area contributed by atoms with E-state index >= 15 is 0 Å². The number of rotatable bonds is 20. The first-order valence-corrected chi connectivity index (χ1v) is 14.9. The minimum absolute atomic E-state index is 0.777. The van der Waals surface area contributed by atoms with Gasteiger partial charge in [0.25, 0.3) is 0 Å². The molecule has 0 aliphatic heterocycles. The lowest BCUT2D eigenvalue weighted by Crippen LogP contribution is -1.98. The van der Waals surface area contributed by atoms with Crippen molar-refractivity contribution in [1.82, 2.24) is 0 Å². The molecule has 0 aromatic rings. The van der Waals surface area contributed by atoms with Gasteiger partial charge in [0.1, 0.15) is 0 Å². The maximum Gasteiger partial charge on any atom is 0.247 e. The zero-order valence-electron chi connectivity index (χ0n) is 17.1. The van der Waals surface area contributed by atoms with Gasteiger partial charge in [-0.25, -0.2) is 0 Å². The van der Waals surface area contributed by atoms with E-state index in [9.17, 15) is 0 Å². The van der Waals surface area contributed by atoms with Crippen molar-refractivity contribution in [1.29, 1.82) is 0 Å². The molecule has 0 aliphatic rings. The highest BCUT2D eigenvalue weighted by molar-refractivity contribution is 8.67. The Morgan fingerprint density at radius 1 is 0.600 bits per heavy atom. The predicted octanol–water partition coefficient (Wildman–Crippen LogP) is 8.50. The smallest absolute Gasteiger partial charge is 0.247 e. The first-order chi connectivity index (χ1) is 12.2. The van der Waals surface area contributed by atoms with Gasteiger partial charge in [-0.3, -0.25) is 0 Å². The molecule has 25 heavy (non-hydrogen) atoms. The molecule has 152 valence electrons. The average Bonchev–Trinajstić information content (AvgIpc) is 2.60. The molecule has 0 rings (SSSR count). The van der Waals surface area contributed by atoms with Crippen LogP contribution in [-0.2, 0) is 20.9 Å². The van der Waals surface area contributed by atoms with Crippen LogP contribution in [0.2, 0.25) is 0 Å². The van der Waals surface area contributed by atoms with Crippen molar-refractivity contribution < 1.29 is 9.05 Å². The third kappa shape index (κ3) is 18.1. The second-order valence-corrected chi connectivity index (χ2v) is 13.3. The fraction of sp³-hybridized carbons (Fsp3) is 1.00. The van der Waals surface area contributed by atoms with Crippen LogP contribution in [0.3, 0.4) is 0 Å². The van der Waals surface area contributed by atoms with Crippen molar-refractivity contribution in [2.75, 3.05) is 19.0 Å². The molecule has 0 atom stereocenters. The van der Waals surface area contributed by atoms with Crippen molar-refractivity contribution in [3.8, 4) is 0 Å². The van der Waals surface area contributed by atoms with E-state index in [2.05, 4.69) is 20.8 Å². The van der Waals surface area contributed by atoms with Crippen molar-refractivity contribution >= 4 is 28.9 Å². The molecular formula is C20H43O2PS2. The van der Waals surface area contributed by atoms with E-state index in [0.29, 0.717) is 0 Å². The van der Waals surface area contributed by atoms with E-state index < -0.39 is 5.69 Å². The summed E-state index contributed by atoms with van der Waals surface area (Å²) in [5, 5.41) is 0. The molecule has 0 saturated heterocycles. The van der Waals surface area contributed by atoms with Crippen LogP contribution in [0.4, 0.5) is 0 Å². The Morgan fingerprint density at radius 2 is 1.00 bits per heavy atom. The van der Waals surface area contributed by atoms with E-state index in [0.717, 1.165) is 31.8 Å². The Morgan fingerprint density at radius 3 is 1.44 bits per heavy atom. The number of hydrogen-bond acceptors (Lipinski definition) is 4. The van der Waals surface area contributed by atoms with Gasteiger partial charge in [-0.1, -0.05) is 103 Å². The van der Waals surface area contributed by atoms with Gasteiger partial charge >= 0.3 is 0 Å². The number of hydrogen-bond donors (Lipinski definition) is 0. The minimum Gasteiger partial charge on any atom is -0.322 e. The summed E-state index contributed by atoms with van der Waals surface area (Å²) in [6.45, 7) is 8.29. The summed E-state index contributed by atoms with van der Waals surface area (Å²) in [6, 6.07) is 0. The van der Waals surface area contributed by atoms with Crippen LogP contribution in [0.25, 0.3) is 0 Å². The van der Waals surface area contributed by atoms with Crippen molar-refractivity contribution in [3.05, 3.63) is 0 Å². The van der Waals surface area contributed by atoms with Crippen molar-refractivity contribution in [2.24, 2.45) is 0 Å². The molecular weight excluding hydrogens is 367 g/mol. The van der Waals surface area contributed by atoms with Crippen LogP contribution in [0, 0.1) is 0 Å². The molecule has 0 fully saturated rings. The first-order valence-electron chi connectivity index (χ1n) is 10.7. The van der Waals surface area contributed by atoms with Gasteiger partial charge in [0.15, 0.2) is 0 Å². The summed E-state index contributed by atoms with van der Waals surface area (Å²) >= 11 is 7.56. The molecule has 2 nitrogen and oxygen atoms in total. The van der Waals surface area contributed by atoms with Gasteiger partial charge in [-0.05, 0) is 31.1 Å². The van der Waals surface area contributed by atoms with Crippen molar-refractivity contribution in [2.45, 2.75) is 111 Å². The van der Waals surface area contributed by atoms with Gasteiger partial charge < -0.3 is 9.05 Å². The maximum absolute atomic E-state index is 6.09. The predicted molar refractivity (Wildman–Crippen MR) is 120 cm³/mol. The van der Waals surface area contributed by atoms with Gasteiger partial charge in [-0.15, -0.1) is 0 Å². The topological polar surface area (TPSA) is 18.5 Å². The van der Waals surface area contributed by atoms with Crippen LogP contribution < -0.4 is 0 Å². The fourth-order valence-corrected chi connectivity index (χ4v) is 7.19. The minimum atomic E-state index is -2.12. The van der Waals surface area contributed by atoms with Crippen LogP contribution >= 0.6 is 17.1 Å². The van der Waals surface area contributed by atoms with E-state index in [1.165, 1.54) is 77.0 Å². The molecule has 0 aromatic carbocycles. The summed E-state index contributed by atoms with van der Waals surface area (Å²) in [4.78, 5) is 0. The van der Waals surface area contributed by atoms with Gasteiger partial charge in [0.05, 0.1) is 13.2 Å². The molecule has 0 bridgehead atoms. The SMILES string of the molecule is CCCCCCCCOP(=S)(OCCCCCCCC)SCCCC. The second kappa shape index (κ2) is 19.7. The quantitative estimate of drug-likeness (QED) is 0.148.